The van der Waals surface area contributed by atoms with E-state index in [0.717, 1.165) is 12.1 Å². The Morgan fingerprint density at radius 1 is 1.19 bits per heavy atom. The van der Waals surface area contributed by atoms with Crippen LogP contribution in [-0.4, -0.2) is 72.1 Å². The average Bonchev–Trinajstić information content (AvgIpc) is 3.17. The number of nitrogens with zero attached hydrogens (tertiary/aromatic N) is 3. The molecule has 0 aliphatic rings. The number of nitrogen functional groups attached to an aromatic ring is 1. The number of amides is 2. The highest BCUT2D eigenvalue weighted by Gasteiger charge is 2.25. The first-order valence-corrected chi connectivity index (χ1v) is 13.2. The summed E-state index contributed by atoms with van der Waals surface area (Å²) in [4.78, 5) is 38.0. The van der Waals surface area contributed by atoms with E-state index in [4.69, 9.17) is 15.5 Å². The van der Waals surface area contributed by atoms with Crippen molar-refractivity contribution in [3.63, 3.8) is 0 Å². The van der Waals surface area contributed by atoms with Crippen LogP contribution in [0.2, 0.25) is 0 Å². The first-order chi connectivity index (χ1) is 17.6. The smallest absolute Gasteiger partial charge is 0.263 e. The van der Waals surface area contributed by atoms with Gasteiger partial charge < -0.3 is 26.4 Å². The maximum atomic E-state index is 13.0. The van der Waals surface area contributed by atoms with Gasteiger partial charge in [0.05, 0.1) is 29.9 Å². The molecule has 2 amide bonds. The highest BCUT2D eigenvalue weighted by molar-refractivity contribution is 7.21. The van der Waals surface area contributed by atoms with Gasteiger partial charge in [-0.3, -0.25) is 14.5 Å². The summed E-state index contributed by atoms with van der Waals surface area (Å²) in [5.74, 6) is 0.0755. The molecule has 0 unspecified atom stereocenters. The molecule has 5 N–H and O–H groups in total. The summed E-state index contributed by atoms with van der Waals surface area (Å²) in [6, 6.07) is 7.43. The molecule has 0 saturated carbocycles. The average molecular weight is 528 g/mol. The topological polar surface area (TPSA) is 134 Å². The number of benzene rings is 1. The van der Waals surface area contributed by atoms with Crippen molar-refractivity contribution in [2.45, 2.75) is 40.2 Å². The molecule has 0 aliphatic carbocycles. The maximum absolute atomic E-state index is 13.0. The molecule has 0 atom stereocenters. The van der Waals surface area contributed by atoms with Crippen LogP contribution in [0.1, 0.15) is 44.3 Å². The van der Waals surface area contributed by atoms with Crippen LogP contribution in [0.3, 0.4) is 0 Å². The Morgan fingerprint density at radius 2 is 1.95 bits per heavy atom. The van der Waals surface area contributed by atoms with Crippen LogP contribution in [0, 0.1) is 0 Å². The van der Waals surface area contributed by atoms with Crippen LogP contribution in [0.25, 0.3) is 21.5 Å². The van der Waals surface area contributed by atoms with E-state index in [1.165, 1.54) is 11.3 Å². The van der Waals surface area contributed by atoms with Gasteiger partial charge in [-0.2, -0.15) is 0 Å². The fraction of sp³-hybridized carbons (Fsp3) is 0.462. The van der Waals surface area contributed by atoms with Crippen LogP contribution in [0.4, 0.5) is 17.3 Å². The van der Waals surface area contributed by atoms with E-state index in [1.807, 2.05) is 63.8 Å². The molecule has 10 nitrogen and oxygen atoms in total. The number of fused-ring (bicyclic) bond motifs is 1. The van der Waals surface area contributed by atoms with Crippen LogP contribution in [0.15, 0.2) is 24.3 Å². The molecule has 11 heteroatoms. The third-order valence-electron chi connectivity index (χ3n) is 5.46. The molecule has 0 bridgehead atoms. The molecule has 2 aromatic heterocycles. The number of nitrogens with two attached hydrogens (primary N) is 1. The third kappa shape index (κ3) is 7.37. The number of aromatic nitrogens is 2. The summed E-state index contributed by atoms with van der Waals surface area (Å²) >= 11 is 1.24. The molecule has 3 rings (SSSR count). The Kier molecular flexibility index (Phi) is 9.41. The fourth-order valence-corrected chi connectivity index (χ4v) is 4.74. The van der Waals surface area contributed by atoms with Crippen LogP contribution in [0.5, 0.6) is 0 Å². The maximum Gasteiger partial charge on any atom is 0.263 e. The molecule has 3 aromatic rings. The number of methoxy groups -OCH3 is 1. The van der Waals surface area contributed by atoms with Gasteiger partial charge in [-0.25, -0.2) is 9.97 Å². The molecule has 0 aliphatic heterocycles. The Labute approximate surface area is 222 Å². The number of hydrogen-bond acceptors (Lipinski definition) is 9. The molecule has 2 heterocycles. The van der Waals surface area contributed by atoms with Crippen molar-refractivity contribution in [1.29, 1.82) is 0 Å². The zero-order valence-corrected chi connectivity index (χ0v) is 23.2. The Hall–Kier alpha value is -3.28. The second kappa shape index (κ2) is 12.3. The lowest BCUT2D eigenvalue weighted by Crippen LogP contribution is -2.40. The van der Waals surface area contributed by atoms with E-state index < -0.39 is 5.54 Å². The van der Waals surface area contributed by atoms with Crippen LogP contribution < -0.4 is 21.7 Å². The standard InChI is InChI=1S/C26H37N7O3S/c1-7-28-25-30-21(19-20(27)22(37-24(19)31-25)23(35)32-26(3,4)5)16-10-9-11-17(14-16)29-18(34)15-33(8-2)12-13-36-6/h9-11,14H,7-8,12-13,15,27H2,1-6H3,(H,29,34)(H,32,35)(H,28,30,31). The lowest BCUT2D eigenvalue weighted by Gasteiger charge is -2.20. The summed E-state index contributed by atoms with van der Waals surface area (Å²) in [6.07, 6.45) is 0. The quantitative estimate of drug-likeness (QED) is 0.296. The van der Waals surface area contributed by atoms with Gasteiger partial charge in [0.2, 0.25) is 11.9 Å². The normalized spacial score (nSPS) is 11.6. The Bertz CT molecular complexity index is 1250. The molecule has 200 valence electrons. The number of carbonyl (C=O) groups excluding carboxylic acids is 2. The minimum atomic E-state index is -0.410. The molecular formula is C26H37N7O3S. The van der Waals surface area contributed by atoms with Crippen molar-refractivity contribution < 1.29 is 14.3 Å². The largest absolute Gasteiger partial charge is 0.397 e. The van der Waals surface area contributed by atoms with Crippen LogP contribution >= 0.6 is 11.3 Å². The lowest BCUT2D eigenvalue weighted by molar-refractivity contribution is -0.117. The van der Waals surface area contributed by atoms with E-state index in [-0.39, 0.29) is 18.4 Å². The number of nitrogens with one attached hydrogen (secondary N) is 3. The van der Waals surface area contributed by atoms with Gasteiger partial charge in [0.1, 0.15) is 9.71 Å². The highest BCUT2D eigenvalue weighted by Crippen LogP contribution is 2.39. The number of thiophene rings is 1. The fourth-order valence-electron chi connectivity index (χ4n) is 3.75. The minimum absolute atomic E-state index is 0.118. The van der Waals surface area contributed by atoms with Crippen molar-refractivity contribution in [3.05, 3.63) is 29.1 Å². The van der Waals surface area contributed by atoms with Crippen molar-refractivity contribution >= 4 is 50.7 Å². The second-order valence-electron chi connectivity index (χ2n) is 9.65. The molecule has 37 heavy (non-hydrogen) atoms. The molecular weight excluding hydrogens is 490 g/mol. The van der Waals surface area contributed by atoms with E-state index >= 15 is 0 Å². The summed E-state index contributed by atoms with van der Waals surface area (Å²) in [7, 11) is 1.64. The van der Waals surface area contributed by atoms with Crippen LogP contribution in [-0.2, 0) is 9.53 Å². The van der Waals surface area contributed by atoms with Crippen molar-refractivity contribution in [1.82, 2.24) is 20.2 Å². The molecule has 0 spiro atoms. The SMILES string of the molecule is CCNc1nc(-c2cccc(NC(=O)CN(CC)CCOC)c2)c2c(N)c(C(=O)NC(C)(C)C)sc2n1. The molecule has 0 radical (unpaired) electrons. The number of rotatable bonds is 11. The Balaban J connectivity index is 1.98. The number of carbonyl (C=O) groups is 2. The number of anilines is 3. The van der Waals surface area contributed by atoms with Crippen molar-refractivity contribution in [2.75, 3.05) is 56.3 Å². The van der Waals surface area contributed by atoms with Crippen molar-refractivity contribution in [3.8, 4) is 11.3 Å². The molecule has 0 fully saturated rings. The van der Waals surface area contributed by atoms with E-state index in [1.54, 1.807) is 7.11 Å². The van der Waals surface area contributed by atoms with Gasteiger partial charge in [0, 0.05) is 37.0 Å². The van der Waals surface area contributed by atoms with Gasteiger partial charge in [-0.15, -0.1) is 11.3 Å². The second-order valence-corrected chi connectivity index (χ2v) is 10.6. The summed E-state index contributed by atoms with van der Waals surface area (Å²) in [5, 5.41) is 9.71. The van der Waals surface area contributed by atoms with Gasteiger partial charge in [-0.05, 0) is 46.4 Å². The lowest BCUT2D eigenvalue weighted by atomic mass is 10.1. The van der Waals surface area contributed by atoms with E-state index in [0.29, 0.717) is 57.8 Å². The van der Waals surface area contributed by atoms with Crippen molar-refractivity contribution in [2.24, 2.45) is 0 Å². The van der Waals surface area contributed by atoms with Gasteiger partial charge in [0.25, 0.3) is 5.91 Å². The molecule has 1 aromatic carbocycles. The monoisotopic (exact) mass is 527 g/mol. The Morgan fingerprint density at radius 3 is 2.59 bits per heavy atom. The zero-order valence-electron chi connectivity index (χ0n) is 22.4. The summed E-state index contributed by atoms with van der Waals surface area (Å²) < 4.78 is 5.13. The number of ether oxygens (including phenoxy) is 1. The van der Waals surface area contributed by atoms with Gasteiger partial charge in [-0.1, -0.05) is 19.1 Å². The third-order valence-corrected chi connectivity index (χ3v) is 6.56. The molecule has 0 saturated heterocycles. The first-order valence-electron chi connectivity index (χ1n) is 12.3. The predicted octanol–water partition coefficient (Wildman–Crippen LogP) is 3.81. The predicted molar refractivity (Wildman–Crippen MR) is 151 cm³/mol. The number of hydrogen-bond donors (Lipinski definition) is 4. The van der Waals surface area contributed by atoms with E-state index in [9.17, 15) is 9.59 Å². The first kappa shape index (κ1) is 28.3. The zero-order chi connectivity index (χ0) is 27.2. The summed E-state index contributed by atoms with van der Waals surface area (Å²) in [6.45, 7) is 12.6. The van der Waals surface area contributed by atoms with E-state index in [2.05, 4.69) is 20.9 Å². The summed E-state index contributed by atoms with van der Waals surface area (Å²) in [5.41, 5.74) is 8.43. The number of likely N-dealkylation sites (N-methyl/N-ethyl adjacent to an activating group) is 1. The van der Waals surface area contributed by atoms with Gasteiger partial charge in [0.15, 0.2) is 0 Å². The minimum Gasteiger partial charge on any atom is -0.397 e. The van der Waals surface area contributed by atoms with Gasteiger partial charge >= 0.3 is 0 Å². The highest BCUT2D eigenvalue weighted by atomic mass is 32.1.